The fourth-order valence-electron chi connectivity index (χ4n) is 2.62. The van der Waals surface area contributed by atoms with Gasteiger partial charge < -0.3 is 5.32 Å². The van der Waals surface area contributed by atoms with Gasteiger partial charge in [-0.15, -0.1) is 0 Å². The number of amides is 1. The number of anilines is 2. The van der Waals surface area contributed by atoms with E-state index >= 15 is 0 Å². The van der Waals surface area contributed by atoms with Crippen LogP contribution in [-0.4, -0.2) is 26.5 Å². The van der Waals surface area contributed by atoms with Gasteiger partial charge in [-0.3, -0.25) is 14.4 Å². The largest absolute Gasteiger partial charge is 0.332 e. The van der Waals surface area contributed by atoms with Gasteiger partial charge in [0.05, 0.1) is 21.2 Å². The Hall–Kier alpha value is -2.94. The van der Waals surface area contributed by atoms with E-state index in [4.69, 9.17) is 23.8 Å². The van der Waals surface area contributed by atoms with Crippen molar-refractivity contribution in [2.24, 2.45) is 0 Å². The van der Waals surface area contributed by atoms with E-state index in [1.165, 1.54) is 23.5 Å². The minimum absolute atomic E-state index is 0.0666. The minimum Gasteiger partial charge on any atom is -0.332 e. The summed E-state index contributed by atoms with van der Waals surface area (Å²) in [6.45, 7) is 0. The molecule has 0 fully saturated rings. The van der Waals surface area contributed by atoms with Crippen LogP contribution in [0.25, 0.3) is 0 Å². The molecule has 0 radical (unpaired) electrons. The number of rotatable bonds is 5. The molecule has 3 aromatic carbocycles. The summed E-state index contributed by atoms with van der Waals surface area (Å²) in [6.07, 6.45) is 0. The molecule has 3 rings (SSSR count). The van der Waals surface area contributed by atoms with Crippen LogP contribution in [0.3, 0.4) is 0 Å². The molecule has 30 heavy (non-hydrogen) atoms. The van der Waals surface area contributed by atoms with Gasteiger partial charge in [0.2, 0.25) is 0 Å². The topological polar surface area (TPSA) is 78.5 Å². The SMILES string of the molecule is CN(c1ccccc1)S(=O)(=O)c1ccc(NC(=S)NC(=O)c2ccccc2Cl)cc1. The number of carbonyl (C=O) groups excluding carboxylic acids is 1. The van der Waals surface area contributed by atoms with Gasteiger partial charge >= 0.3 is 0 Å². The summed E-state index contributed by atoms with van der Waals surface area (Å²) in [5.41, 5.74) is 1.39. The predicted molar refractivity (Wildman–Crippen MR) is 124 cm³/mol. The molecule has 0 unspecified atom stereocenters. The summed E-state index contributed by atoms with van der Waals surface area (Å²) in [6, 6.07) is 21.5. The zero-order chi connectivity index (χ0) is 21.7. The van der Waals surface area contributed by atoms with Crippen LogP contribution in [0.4, 0.5) is 11.4 Å². The molecule has 3 aromatic rings. The van der Waals surface area contributed by atoms with Gasteiger partial charge in [-0.25, -0.2) is 8.42 Å². The first-order valence-electron chi connectivity index (χ1n) is 8.80. The van der Waals surface area contributed by atoms with Crippen LogP contribution in [0.2, 0.25) is 5.02 Å². The van der Waals surface area contributed by atoms with E-state index in [1.807, 2.05) is 6.07 Å². The standard InChI is InChI=1S/C21H18ClN3O3S2/c1-25(16-7-3-2-4-8-16)30(27,28)17-13-11-15(12-14-17)23-21(29)24-20(26)18-9-5-6-10-19(18)22/h2-14H,1H3,(H2,23,24,26,29). The van der Waals surface area contributed by atoms with Gasteiger partial charge in [-0.2, -0.15) is 0 Å². The number of para-hydroxylation sites is 1. The van der Waals surface area contributed by atoms with Gasteiger partial charge in [-0.05, 0) is 60.7 Å². The zero-order valence-electron chi connectivity index (χ0n) is 15.9. The van der Waals surface area contributed by atoms with E-state index in [1.54, 1.807) is 60.7 Å². The zero-order valence-corrected chi connectivity index (χ0v) is 18.3. The maximum atomic E-state index is 12.8. The van der Waals surface area contributed by atoms with Crippen molar-refractivity contribution in [3.63, 3.8) is 0 Å². The molecule has 0 saturated carbocycles. The Labute approximate surface area is 185 Å². The van der Waals surface area contributed by atoms with Crippen LogP contribution >= 0.6 is 23.8 Å². The van der Waals surface area contributed by atoms with Crippen molar-refractivity contribution in [1.82, 2.24) is 5.32 Å². The first-order valence-corrected chi connectivity index (χ1v) is 11.0. The molecule has 0 saturated heterocycles. The number of benzene rings is 3. The Kier molecular flexibility index (Phi) is 6.71. The van der Waals surface area contributed by atoms with E-state index < -0.39 is 15.9 Å². The van der Waals surface area contributed by atoms with E-state index in [2.05, 4.69) is 10.6 Å². The number of hydrogen-bond acceptors (Lipinski definition) is 4. The third-order valence-corrected chi connectivity index (χ3v) is 6.57. The third kappa shape index (κ3) is 4.96. The van der Waals surface area contributed by atoms with Crippen molar-refractivity contribution in [3.8, 4) is 0 Å². The number of thiocarbonyl (C=S) groups is 1. The van der Waals surface area contributed by atoms with Gasteiger partial charge in [0, 0.05) is 12.7 Å². The second-order valence-corrected chi connectivity index (χ2v) is 9.01. The maximum Gasteiger partial charge on any atom is 0.264 e. The molecule has 0 atom stereocenters. The van der Waals surface area contributed by atoms with Gasteiger partial charge in [0.15, 0.2) is 5.11 Å². The summed E-state index contributed by atoms with van der Waals surface area (Å²) < 4.78 is 26.8. The summed E-state index contributed by atoms with van der Waals surface area (Å²) >= 11 is 11.2. The third-order valence-electron chi connectivity index (χ3n) is 4.24. The van der Waals surface area contributed by atoms with Crippen LogP contribution in [0.15, 0.2) is 83.8 Å². The second-order valence-electron chi connectivity index (χ2n) is 6.22. The Morgan fingerprint density at radius 3 is 2.17 bits per heavy atom. The predicted octanol–water partition coefficient (Wildman–Crippen LogP) is 4.29. The number of nitrogens with zero attached hydrogens (tertiary/aromatic N) is 1. The lowest BCUT2D eigenvalue weighted by Crippen LogP contribution is -2.34. The highest BCUT2D eigenvalue weighted by Crippen LogP contribution is 2.23. The fraction of sp³-hybridized carbons (Fsp3) is 0.0476. The highest BCUT2D eigenvalue weighted by molar-refractivity contribution is 7.92. The van der Waals surface area contributed by atoms with Crippen LogP contribution < -0.4 is 14.9 Å². The minimum atomic E-state index is -3.71. The van der Waals surface area contributed by atoms with E-state index in [0.717, 1.165) is 0 Å². The smallest absolute Gasteiger partial charge is 0.264 e. The highest BCUT2D eigenvalue weighted by Gasteiger charge is 2.21. The van der Waals surface area contributed by atoms with Gasteiger partial charge in [0.1, 0.15) is 0 Å². The Bertz CT molecular complexity index is 1170. The van der Waals surface area contributed by atoms with Crippen molar-refractivity contribution in [1.29, 1.82) is 0 Å². The molecule has 0 heterocycles. The lowest BCUT2D eigenvalue weighted by atomic mass is 10.2. The molecule has 0 bridgehead atoms. The number of halogens is 1. The molecule has 0 aliphatic heterocycles. The first-order chi connectivity index (χ1) is 14.3. The highest BCUT2D eigenvalue weighted by atomic mass is 35.5. The van der Waals surface area contributed by atoms with Crippen LogP contribution in [0.1, 0.15) is 10.4 Å². The van der Waals surface area contributed by atoms with Crippen LogP contribution in [0, 0.1) is 0 Å². The lowest BCUT2D eigenvalue weighted by Gasteiger charge is -2.19. The number of hydrogen-bond donors (Lipinski definition) is 2. The average molecular weight is 460 g/mol. The Morgan fingerprint density at radius 2 is 1.53 bits per heavy atom. The van der Waals surface area contributed by atoms with E-state index in [0.29, 0.717) is 22.0 Å². The van der Waals surface area contributed by atoms with Gasteiger partial charge in [0.25, 0.3) is 15.9 Å². The normalized spacial score (nSPS) is 10.9. The molecule has 0 aliphatic rings. The average Bonchev–Trinajstić information content (AvgIpc) is 2.74. The number of nitrogens with one attached hydrogen (secondary N) is 2. The quantitative estimate of drug-likeness (QED) is 0.556. The summed E-state index contributed by atoms with van der Waals surface area (Å²) in [4.78, 5) is 12.4. The molecule has 6 nitrogen and oxygen atoms in total. The number of sulfonamides is 1. The van der Waals surface area contributed by atoms with E-state index in [9.17, 15) is 13.2 Å². The first kappa shape index (κ1) is 21.8. The maximum absolute atomic E-state index is 12.8. The molecule has 9 heteroatoms. The summed E-state index contributed by atoms with van der Waals surface area (Å²) in [5.74, 6) is -0.443. The van der Waals surface area contributed by atoms with Crippen molar-refractivity contribution < 1.29 is 13.2 Å². The van der Waals surface area contributed by atoms with Crippen molar-refractivity contribution >= 4 is 56.2 Å². The van der Waals surface area contributed by atoms with Crippen molar-refractivity contribution in [2.75, 3.05) is 16.7 Å². The van der Waals surface area contributed by atoms with Crippen LogP contribution in [-0.2, 0) is 10.0 Å². The molecule has 0 spiro atoms. The Morgan fingerprint density at radius 1 is 0.933 bits per heavy atom. The monoisotopic (exact) mass is 459 g/mol. The molecular weight excluding hydrogens is 442 g/mol. The molecular formula is C21H18ClN3O3S2. The van der Waals surface area contributed by atoms with Crippen molar-refractivity contribution in [2.45, 2.75) is 4.90 Å². The molecule has 0 aliphatic carbocycles. The number of carbonyl (C=O) groups is 1. The van der Waals surface area contributed by atoms with Crippen LogP contribution in [0.5, 0.6) is 0 Å². The molecule has 1 amide bonds. The second kappa shape index (κ2) is 9.25. The molecule has 0 aromatic heterocycles. The Balaban J connectivity index is 1.67. The molecule has 154 valence electrons. The lowest BCUT2D eigenvalue weighted by molar-refractivity contribution is 0.0978. The fourth-order valence-corrected chi connectivity index (χ4v) is 4.25. The van der Waals surface area contributed by atoms with Crippen molar-refractivity contribution in [3.05, 3.63) is 89.4 Å². The van der Waals surface area contributed by atoms with Gasteiger partial charge in [-0.1, -0.05) is 41.9 Å². The summed E-state index contributed by atoms with van der Waals surface area (Å²) in [5, 5.41) is 5.77. The summed E-state index contributed by atoms with van der Waals surface area (Å²) in [7, 11) is -2.21. The molecule has 2 N–H and O–H groups in total. The van der Waals surface area contributed by atoms with E-state index in [-0.39, 0.29) is 10.0 Å².